The number of nitrogens with zero attached hydrogens (tertiary/aromatic N) is 1. The Morgan fingerprint density at radius 2 is 1.94 bits per heavy atom. The van der Waals surface area contributed by atoms with E-state index in [0.29, 0.717) is 24.3 Å². The largest absolute Gasteiger partial charge is 0.489 e. The number of rotatable bonds is 5. The third kappa shape index (κ3) is 4.01. The number of benzene rings is 2. The summed E-state index contributed by atoms with van der Waals surface area (Å²) in [5.74, 6) is 0.402. The van der Waals surface area contributed by atoms with Crippen LogP contribution in [0.1, 0.15) is 53.7 Å². The zero-order valence-corrected chi connectivity index (χ0v) is 18.6. The number of ketones is 2. The number of hydrogen-bond donors (Lipinski definition) is 1. The van der Waals surface area contributed by atoms with Crippen molar-refractivity contribution < 1.29 is 19.1 Å². The molecule has 2 atom stereocenters. The Labute approximate surface area is 192 Å². The highest BCUT2D eigenvalue weighted by atomic mass is 16.5. The maximum absolute atomic E-state index is 12.8. The second kappa shape index (κ2) is 8.43. The summed E-state index contributed by atoms with van der Waals surface area (Å²) in [4.78, 5) is 41.8. The molecule has 0 saturated heterocycles. The van der Waals surface area contributed by atoms with Gasteiger partial charge in [-0.3, -0.25) is 19.4 Å². The molecule has 168 valence electrons. The van der Waals surface area contributed by atoms with E-state index in [-0.39, 0.29) is 36.4 Å². The molecule has 2 aliphatic carbocycles. The van der Waals surface area contributed by atoms with Gasteiger partial charge in [-0.1, -0.05) is 24.6 Å². The minimum Gasteiger partial charge on any atom is -0.489 e. The predicted octanol–water partition coefficient (Wildman–Crippen LogP) is 4.32. The Hall–Kier alpha value is -3.54. The average molecular weight is 443 g/mol. The topological polar surface area (TPSA) is 85.4 Å². The van der Waals surface area contributed by atoms with Gasteiger partial charge in [0.2, 0.25) is 0 Å². The zero-order chi connectivity index (χ0) is 23.0. The predicted molar refractivity (Wildman–Crippen MR) is 124 cm³/mol. The Morgan fingerprint density at radius 1 is 1.15 bits per heavy atom. The van der Waals surface area contributed by atoms with Crippen LogP contribution in [0.3, 0.4) is 0 Å². The van der Waals surface area contributed by atoms with Gasteiger partial charge in [-0.15, -0.1) is 0 Å². The summed E-state index contributed by atoms with van der Waals surface area (Å²) in [6.45, 7) is 2.35. The van der Waals surface area contributed by atoms with E-state index in [4.69, 9.17) is 4.74 Å². The van der Waals surface area contributed by atoms with Crippen LogP contribution in [0.4, 0.5) is 0 Å². The van der Waals surface area contributed by atoms with Crippen LogP contribution in [0.5, 0.6) is 5.75 Å². The summed E-state index contributed by atoms with van der Waals surface area (Å²) in [5, 5.41) is 4.09. The third-order valence-corrected chi connectivity index (χ3v) is 7.04. The standard InChI is InChI=1S/C27H26N2O4/c1-17-20(13-19-5-2-3-6-23(19)28-17)16-33-22-10-8-18(9-11-22)26(32)29-24-7-4-12-27(24)15-21(30)14-25(27)31/h2-3,5-6,8-11,13,24H,4,7,12,14-16H2,1H3,(H,29,32). The second-order valence-electron chi connectivity index (χ2n) is 9.13. The van der Waals surface area contributed by atoms with Crippen molar-refractivity contribution >= 4 is 28.4 Å². The molecular weight excluding hydrogens is 416 g/mol. The molecule has 2 fully saturated rings. The number of carbonyl (C=O) groups is 3. The fraction of sp³-hybridized carbons (Fsp3) is 0.333. The molecule has 0 bridgehead atoms. The van der Waals surface area contributed by atoms with Crippen LogP contribution in [0, 0.1) is 12.3 Å². The summed E-state index contributed by atoms with van der Waals surface area (Å²) in [7, 11) is 0. The quantitative estimate of drug-likeness (QED) is 0.595. The van der Waals surface area contributed by atoms with Gasteiger partial charge in [0.1, 0.15) is 23.9 Å². The van der Waals surface area contributed by atoms with Crippen LogP contribution in [0.25, 0.3) is 10.9 Å². The fourth-order valence-electron chi connectivity index (χ4n) is 5.20. The van der Waals surface area contributed by atoms with E-state index < -0.39 is 5.41 Å². The summed E-state index contributed by atoms with van der Waals surface area (Å²) < 4.78 is 5.94. The zero-order valence-electron chi connectivity index (χ0n) is 18.6. The van der Waals surface area contributed by atoms with Gasteiger partial charge in [0, 0.05) is 34.7 Å². The monoisotopic (exact) mass is 442 g/mol. The molecule has 3 aromatic rings. The molecule has 6 nitrogen and oxygen atoms in total. The first-order chi connectivity index (χ1) is 15.9. The van der Waals surface area contributed by atoms with E-state index in [0.717, 1.165) is 35.0 Å². The minimum atomic E-state index is -0.693. The molecule has 1 spiro atoms. The molecule has 1 amide bonds. The molecule has 1 aromatic heterocycles. The summed E-state index contributed by atoms with van der Waals surface area (Å²) >= 11 is 0. The van der Waals surface area contributed by atoms with E-state index in [1.54, 1.807) is 24.3 Å². The van der Waals surface area contributed by atoms with Crippen molar-refractivity contribution in [1.82, 2.24) is 10.3 Å². The Kier molecular flexibility index (Phi) is 5.44. The second-order valence-corrected chi connectivity index (χ2v) is 9.13. The molecule has 0 radical (unpaired) electrons. The molecule has 2 aliphatic rings. The van der Waals surface area contributed by atoms with E-state index in [9.17, 15) is 14.4 Å². The maximum atomic E-state index is 12.8. The number of nitrogens with one attached hydrogen (secondary N) is 1. The van der Waals surface area contributed by atoms with Crippen molar-refractivity contribution in [2.24, 2.45) is 5.41 Å². The van der Waals surface area contributed by atoms with Crippen LogP contribution in [-0.4, -0.2) is 28.5 Å². The van der Waals surface area contributed by atoms with Gasteiger partial charge in [0.25, 0.3) is 5.91 Å². The van der Waals surface area contributed by atoms with Crippen LogP contribution in [0.2, 0.25) is 0 Å². The molecule has 1 N–H and O–H groups in total. The third-order valence-electron chi connectivity index (χ3n) is 7.04. The van der Waals surface area contributed by atoms with Gasteiger partial charge in [-0.25, -0.2) is 0 Å². The first-order valence-corrected chi connectivity index (χ1v) is 11.4. The van der Waals surface area contributed by atoms with Crippen molar-refractivity contribution in [3.05, 3.63) is 71.4 Å². The van der Waals surface area contributed by atoms with Crippen LogP contribution in [0.15, 0.2) is 54.6 Å². The smallest absolute Gasteiger partial charge is 0.251 e. The molecule has 2 aromatic carbocycles. The number of carbonyl (C=O) groups excluding carboxylic acids is 3. The number of para-hydroxylation sites is 1. The normalized spacial score (nSPS) is 22.3. The molecule has 33 heavy (non-hydrogen) atoms. The molecular formula is C27H26N2O4. The van der Waals surface area contributed by atoms with Gasteiger partial charge < -0.3 is 10.1 Å². The number of aromatic nitrogens is 1. The highest BCUT2D eigenvalue weighted by molar-refractivity contribution is 6.10. The summed E-state index contributed by atoms with van der Waals surface area (Å²) in [6, 6.07) is 16.8. The Morgan fingerprint density at radius 3 is 2.70 bits per heavy atom. The van der Waals surface area contributed by atoms with Crippen molar-refractivity contribution in [3.8, 4) is 5.75 Å². The molecule has 2 unspecified atom stereocenters. The average Bonchev–Trinajstić information content (AvgIpc) is 3.34. The van der Waals surface area contributed by atoms with E-state index >= 15 is 0 Å². The molecule has 1 heterocycles. The SMILES string of the molecule is Cc1nc2ccccc2cc1COc1ccc(C(=O)NC2CCCC23CC(=O)CC3=O)cc1. The number of amides is 1. The van der Waals surface area contributed by atoms with Crippen LogP contribution in [-0.2, 0) is 16.2 Å². The van der Waals surface area contributed by atoms with E-state index in [1.807, 2.05) is 31.2 Å². The first-order valence-electron chi connectivity index (χ1n) is 11.4. The summed E-state index contributed by atoms with van der Waals surface area (Å²) in [5.41, 5.74) is 2.71. The van der Waals surface area contributed by atoms with E-state index in [2.05, 4.69) is 16.4 Å². The molecule has 6 heteroatoms. The number of pyridine rings is 1. The number of hydrogen-bond acceptors (Lipinski definition) is 5. The van der Waals surface area contributed by atoms with Crippen LogP contribution >= 0.6 is 0 Å². The van der Waals surface area contributed by atoms with Crippen LogP contribution < -0.4 is 10.1 Å². The number of aryl methyl sites for hydroxylation is 1. The number of ether oxygens (including phenoxy) is 1. The molecule has 0 aliphatic heterocycles. The fourth-order valence-corrected chi connectivity index (χ4v) is 5.20. The van der Waals surface area contributed by atoms with Gasteiger partial charge in [-0.2, -0.15) is 0 Å². The van der Waals surface area contributed by atoms with E-state index in [1.165, 1.54) is 0 Å². The lowest BCUT2D eigenvalue weighted by Gasteiger charge is -2.29. The van der Waals surface area contributed by atoms with Crippen molar-refractivity contribution in [3.63, 3.8) is 0 Å². The maximum Gasteiger partial charge on any atom is 0.251 e. The lowest BCUT2D eigenvalue weighted by Crippen LogP contribution is -2.46. The van der Waals surface area contributed by atoms with Gasteiger partial charge in [0.15, 0.2) is 0 Å². The Bertz CT molecular complexity index is 1250. The highest BCUT2D eigenvalue weighted by Gasteiger charge is 2.54. The van der Waals surface area contributed by atoms with Gasteiger partial charge >= 0.3 is 0 Å². The lowest BCUT2D eigenvalue weighted by atomic mass is 9.79. The summed E-state index contributed by atoms with van der Waals surface area (Å²) in [6.07, 6.45) is 2.51. The van der Waals surface area contributed by atoms with Gasteiger partial charge in [0.05, 0.1) is 17.4 Å². The minimum absolute atomic E-state index is 0.00457. The Balaban J connectivity index is 1.23. The highest BCUT2D eigenvalue weighted by Crippen LogP contribution is 2.47. The van der Waals surface area contributed by atoms with Crippen molar-refractivity contribution in [1.29, 1.82) is 0 Å². The molecule has 5 rings (SSSR count). The first kappa shape index (κ1) is 21.3. The van der Waals surface area contributed by atoms with Gasteiger partial charge in [-0.05, 0) is 56.2 Å². The number of fused-ring (bicyclic) bond motifs is 1. The lowest BCUT2D eigenvalue weighted by molar-refractivity contribution is -0.126. The molecule has 2 saturated carbocycles. The van der Waals surface area contributed by atoms with Crippen molar-refractivity contribution in [2.75, 3.05) is 0 Å². The van der Waals surface area contributed by atoms with Crippen molar-refractivity contribution in [2.45, 2.75) is 51.7 Å². The number of Topliss-reactive ketones (excluding diaryl/α,β-unsaturated/α-hetero) is 2.